The van der Waals surface area contributed by atoms with E-state index in [0.29, 0.717) is 13.2 Å². The number of hydrogen-bond acceptors (Lipinski definition) is 4. The van der Waals surface area contributed by atoms with Gasteiger partial charge in [-0.1, -0.05) is 30.3 Å². The number of anilines is 1. The number of piperidine rings is 1. The molecule has 0 spiro atoms. The van der Waals surface area contributed by atoms with E-state index in [9.17, 15) is 4.79 Å². The summed E-state index contributed by atoms with van der Waals surface area (Å²) in [6.07, 6.45) is 1.56. The van der Waals surface area contributed by atoms with Crippen LogP contribution in [0.4, 0.5) is 5.69 Å². The lowest BCUT2D eigenvalue weighted by molar-refractivity contribution is -0.130. The highest BCUT2D eigenvalue weighted by Crippen LogP contribution is 2.32. The van der Waals surface area contributed by atoms with Crippen molar-refractivity contribution in [1.82, 2.24) is 5.32 Å². The summed E-state index contributed by atoms with van der Waals surface area (Å²) in [5.41, 5.74) is 2.46. The first-order chi connectivity index (χ1) is 13.1. The topological polar surface area (TPSA) is 59.6 Å². The van der Waals surface area contributed by atoms with Crippen molar-refractivity contribution in [3.63, 3.8) is 0 Å². The maximum Gasteiger partial charge on any atom is 0.233 e. The number of methoxy groups -OCH3 is 1. The molecule has 144 valence electrons. The van der Waals surface area contributed by atoms with Crippen molar-refractivity contribution in [2.45, 2.75) is 26.4 Å². The Kier molecular flexibility index (Phi) is 6.48. The quantitative estimate of drug-likeness (QED) is 0.785. The van der Waals surface area contributed by atoms with E-state index >= 15 is 0 Å². The molecule has 5 nitrogen and oxygen atoms in total. The van der Waals surface area contributed by atoms with E-state index in [0.717, 1.165) is 48.5 Å². The van der Waals surface area contributed by atoms with Crippen LogP contribution in [-0.4, -0.2) is 32.7 Å². The van der Waals surface area contributed by atoms with E-state index < -0.39 is 5.41 Å². The van der Waals surface area contributed by atoms with Crippen LogP contribution in [0.3, 0.4) is 0 Å². The van der Waals surface area contributed by atoms with Gasteiger partial charge in [-0.2, -0.15) is 0 Å². The summed E-state index contributed by atoms with van der Waals surface area (Å²) in [5.74, 6) is 0.871. The van der Waals surface area contributed by atoms with Crippen LogP contribution in [0, 0.1) is 12.3 Å². The normalized spacial score (nSPS) is 15.9. The van der Waals surface area contributed by atoms with Crippen molar-refractivity contribution >= 4 is 11.6 Å². The molecule has 2 aromatic rings. The van der Waals surface area contributed by atoms with Crippen molar-refractivity contribution in [3.8, 4) is 5.75 Å². The summed E-state index contributed by atoms with van der Waals surface area (Å²) in [6.45, 7) is 4.59. The lowest BCUT2D eigenvalue weighted by atomic mass is 9.78. The van der Waals surface area contributed by atoms with Crippen LogP contribution < -0.4 is 15.4 Å². The zero-order valence-electron chi connectivity index (χ0n) is 16.1. The third-order valence-corrected chi connectivity index (χ3v) is 5.29. The summed E-state index contributed by atoms with van der Waals surface area (Å²) in [7, 11) is 1.66. The van der Waals surface area contributed by atoms with E-state index in [1.807, 2.05) is 55.5 Å². The van der Waals surface area contributed by atoms with Crippen LogP contribution >= 0.6 is 0 Å². The van der Waals surface area contributed by atoms with Gasteiger partial charge in [0.25, 0.3) is 0 Å². The Bertz CT molecular complexity index is 750. The predicted molar refractivity (Wildman–Crippen MR) is 107 cm³/mol. The van der Waals surface area contributed by atoms with Crippen molar-refractivity contribution in [1.29, 1.82) is 0 Å². The van der Waals surface area contributed by atoms with Gasteiger partial charge in [-0.3, -0.25) is 4.79 Å². The first-order valence-electron chi connectivity index (χ1n) is 9.42. The maximum atomic E-state index is 13.1. The van der Waals surface area contributed by atoms with Gasteiger partial charge in [0.1, 0.15) is 12.4 Å². The molecule has 2 aromatic carbocycles. The molecule has 0 aliphatic carbocycles. The Balaban J connectivity index is 1.72. The average Bonchev–Trinajstić information content (AvgIpc) is 2.70. The van der Waals surface area contributed by atoms with E-state index in [-0.39, 0.29) is 5.91 Å². The van der Waals surface area contributed by atoms with Gasteiger partial charge in [0.2, 0.25) is 5.91 Å². The molecular weight excluding hydrogens is 340 g/mol. The molecule has 0 saturated carbocycles. The van der Waals surface area contributed by atoms with Crippen LogP contribution in [0.2, 0.25) is 0 Å². The van der Waals surface area contributed by atoms with Gasteiger partial charge in [0.15, 0.2) is 0 Å². The molecule has 0 aromatic heterocycles. The van der Waals surface area contributed by atoms with Crippen LogP contribution in [0.5, 0.6) is 5.75 Å². The summed E-state index contributed by atoms with van der Waals surface area (Å²) >= 11 is 0. The number of para-hydroxylation sites is 1. The molecule has 0 radical (unpaired) electrons. The second-order valence-corrected chi connectivity index (χ2v) is 7.11. The number of rotatable bonds is 7. The lowest BCUT2D eigenvalue weighted by Crippen LogP contribution is -2.47. The van der Waals surface area contributed by atoms with Gasteiger partial charge >= 0.3 is 0 Å². The third kappa shape index (κ3) is 4.67. The average molecular weight is 368 g/mol. The number of amides is 1. The molecule has 0 unspecified atom stereocenters. The van der Waals surface area contributed by atoms with Crippen molar-refractivity contribution in [3.05, 3.63) is 59.7 Å². The van der Waals surface area contributed by atoms with Gasteiger partial charge in [-0.05, 0) is 62.2 Å². The summed E-state index contributed by atoms with van der Waals surface area (Å²) in [6, 6.07) is 15.7. The minimum absolute atomic E-state index is 0.0371. The molecule has 1 heterocycles. The second-order valence-electron chi connectivity index (χ2n) is 7.11. The summed E-state index contributed by atoms with van der Waals surface area (Å²) in [5, 5.41) is 6.46. The second kappa shape index (κ2) is 9.02. The number of carbonyl (C=O) groups is 1. The molecule has 1 saturated heterocycles. The molecule has 5 heteroatoms. The van der Waals surface area contributed by atoms with E-state index in [1.165, 1.54) is 0 Å². The van der Waals surface area contributed by atoms with E-state index in [4.69, 9.17) is 9.47 Å². The SMILES string of the molecule is COCC1(C(=O)Nc2cccc(COc3ccccc3)c2C)CCNCC1. The molecular formula is C22H28N2O3. The first-order valence-corrected chi connectivity index (χ1v) is 9.42. The molecule has 1 fully saturated rings. The molecule has 2 N–H and O–H groups in total. The van der Waals surface area contributed by atoms with Crippen LogP contribution in [0.15, 0.2) is 48.5 Å². The van der Waals surface area contributed by atoms with Gasteiger partial charge in [-0.15, -0.1) is 0 Å². The largest absolute Gasteiger partial charge is 0.489 e. The summed E-state index contributed by atoms with van der Waals surface area (Å²) in [4.78, 5) is 13.1. The molecule has 27 heavy (non-hydrogen) atoms. The fraction of sp³-hybridized carbons (Fsp3) is 0.409. The van der Waals surface area contributed by atoms with E-state index in [1.54, 1.807) is 7.11 Å². The Labute approximate surface area is 161 Å². The monoisotopic (exact) mass is 368 g/mol. The molecule has 0 bridgehead atoms. The zero-order chi connectivity index (χ0) is 19.1. The Morgan fingerprint density at radius 2 is 1.85 bits per heavy atom. The highest BCUT2D eigenvalue weighted by atomic mass is 16.5. The smallest absolute Gasteiger partial charge is 0.233 e. The fourth-order valence-corrected chi connectivity index (χ4v) is 3.53. The third-order valence-electron chi connectivity index (χ3n) is 5.29. The van der Waals surface area contributed by atoms with E-state index in [2.05, 4.69) is 10.6 Å². The standard InChI is InChI=1S/C22H28N2O3/c1-17-18(15-27-19-8-4-3-5-9-19)7-6-10-20(17)24-21(25)22(16-26-2)11-13-23-14-12-22/h3-10,23H,11-16H2,1-2H3,(H,24,25). The number of ether oxygens (including phenoxy) is 2. The van der Waals surface area contributed by atoms with Gasteiger partial charge in [-0.25, -0.2) is 0 Å². The molecule has 3 rings (SSSR count). The van der Waals surface area contributed by atoms with Crippen molar-refractivity contribution < 1.29 is 14.3 Å². The number of hydrogen-bond donors (Lipinski definition) is 2. The van der Waals surface area contributed by atoms with Gasteiger partial charge < -0.3 is 20.1 Å². The Morgan fingerprint density at radius 3 is 2.56 bits per heavy atom. The number of benzene rings is 2. The van der Waals surface area contributed by atoms with Gasteiger partial charge in [0.05, 0.1) is 12.0 Å². The van der Waals surface area contributed by atoms with Crippen LogP contribution in [0.1, 0.15) is 24.0 Å². The van der Waals surface area contributed by atoms with Crippen molar-refractivity contribution in [2.24, 2.45) is 5.41 Å². The highest BCUT2D eigenvalue weighted by molar-refractivity contribution is 5.96. The lowest BCUT2D eigenvalue weighted by Gasteiger charge is -2.35. The minimum Gasteiger partial charge on any atom is -0.489 e. The van der Waals surface area contributed by atoms with Crippen molar-refractivity contribution in [2.75, 3.05) is 32.1 Å². The van der Waals surface area contributed by atoms with Crippen LogP contribution in [0.25, 0.3) is 0 Å². The minimum atomic E-state index is -0.469. The molecule has 1 aliphatic heterocycles. The van der Waals surface area contributed by atoms with Gasteiger partial charge in [0, 0.05) is 12.8 Å². The maximum absolute atomic E-state index is 13.1. The number of nitrogens with one attached hydrogen (secondary N) is 2. The Hall–Kier alpha value is -2.37. The Morgan fingerprint density at radius 1 is 1.11 bits per heavy atom. The highest BCUT2D eigenvalue weighted by Gasteiger charge is 2.39. The molecule has 1 aliphatic rings. The predicted octanol–water partition coefficient (Wildman–Crippen LogP) is 3.53. The van der Waals surface area contributed by atoms with Crippen LogP contribution in [-0.2, 0) is 16.1 Å². The number of carbonyl (C=O) groups excluding carboxylic acids is 1. The fourth-order valence-electron chi connectivity index (χ4n) is 3.53. The summed E-state index contributed by atoms with van der Waals surface area (Å²) < 4.78 is 11.2. The first kappa shape index (κ1) is 19.4. The molecule has 0 atom stereocenters. The zero-order valence-corrected chi connectivity index (χ0v) is 16.1. The molecule has 1 amide bonds.